The fourth-order valence-corrected chi connectivity index (χ4v) is 2.43. The van der Waals surface area contributed by atoms with Gasteiger partial charge in [0, 0.05) is 0 Å². The minimum Gasteiger partial charge on any atom is -0.465 e. The Bertz CT molecular complexity index is 437. The van der Waals surface area contributed by atoms with Gasteiger partial charge in [0.05, 0.1) is 6.26 Å². The van der Waals surface area contributed by atoms with Gasteiger partial charge in [-0.2, -0.15) is 0 Å². The maximum atomic E-state index is 5.65. The molecule has 0 bridgehead atoms. The molecule has 0 saturated heterocycles. The smallest absolute Gasteiger partial charge is 0.130 e. The van der Waals surface area contributed by atoms with Crippen molar-refractivity contribution in [2.24, 2.45) is 0 Å². The van der Waals surface area contributed by atoms with Crippen molar-refractivity contribution in [2.75, 3.05) is 0 Å². The lowest BCUT2D eigenvalue weighted by molar-refractivity contribution is 0.456. The van der Waals surface area contributed by atoms with Crippen LogP contribution in [0.4, 0.5) is 0 Å². The first-order valence-corrected chi connectivity index (χ1v) is 6.69. The molecule has 0 spiro atoms. The van der Waals surface area contributed by atoms with Crippen molar-refractivity contribution >= 4 is 0 Å². The molecule has 1 aromatic carbocycles. The van der Waals surface area contributed by atoms with Gasteiger partial charge in [-0.15, -0.1) is 0 Å². The third-order valence-corrected chi connectivity index (χ3v) is 3.45. The van der Waals surface area contributed by atoms with E-state index < -0.39 is 0 Å². The van der Waals surface area contributed by atoms with Gasteiger partial charge in [0.2, 0.25) is 0 Å². The van der Waals surface area contributed by atoms with Crippen molar-refractivity contribution in [3.63, 3.8) is 0 Å². The summed E-state index contributed by atoms with van der Waals surface area (Å²) in [6.07, 6.45) is 4.85. The number of allylic oxidation sites excluding steroid dienone is 1. The van der Waals surface area contributed by atoms with E-state index in [2.05, 4.69) is 59.8 Å². The summed E-state index contributed by atoms with van der Waals surface area (Å²) >= 11 is 0. The molecule has 1 heteroatoms. The van der Waals surface area contributed by atoms with Crippen molar-refractivity contribution < 1.29 is 4.74 Å². The molecule has 18 heavy (non-hydrogen) atoms. The van der Waals surface area contributed by atoms with Crippen LogP contribution in [0.2, 0.25) is 0 Å². The van der Waals surface area contributed by atoms with Crippen LogP contribution in [0, 0.1) is 0 Å². The van der Waals surface area contributed by atoms with E-state index in [0.717, 1.165) is 12.2 Å². The third kappa shape index (κ3) is 2.45. The Balaban J connectivity index is 2.64. The average molecular weight is 244 g/mol. The zero-order valence-corrected chi connectivity index (χ0v) is 12.4. The van der Waals surface area contributed by atoms with Gasteiger partial charge < -0.3 is 4.74 Å². The lowest BCUT2D eigenvalue weighted by Crippen LogP contribution is -2.22. The molecular formula is C17H24O. The van der Waals surface area contributed by atoms with Crippen LogP contribution in [-0.2, 0) is 17.3 Å². The molecule has 98 valence electrons. The van der Waals surface area contributed by atoms with E-state index in [1.165, 1.54) is 16.7 Å². The van der Waals surface area contributed by atoms with E-state index >= 15 is 0 Å². The summed E-state index contributed by atoms with van der Waals surface area (Å²) in [6.45, 7) is 13.6. The first-order chi connectivity index (χ1) is 8.19. The van der Waals surface area contributed by atoms with Gasteiger partial charge in [0.1, 0.15) is 5.75 Å². The Morgan fingerprint density at radius 1 is 0.889 bits per heavy atom. The van der Waals surface area contributed by atoms with Gasteiger partial charge in [0.25, 0.3) is 0 Å². The summed E-state index contributed by atoms with van der Waals surface area (Å²) in [5, 5.41) is 0. The molecule has 1 nitrogen and oxygen atoms in total. The number of rotatable bonds is 0. The predicted octanol–water partition coefficient (Wildman–Crippen LogP) is 4.73. The van der Waals surface area contributed by atoms with E-state index in [4.69, 9.17) is 4.74 Å². The van der Waals surface area contributed by atoms with Crippen LogP contribution in [0.5, 0.6) is 5.75 Å². The molecule has 1 aromatic rings. The summed E-state index contributed by atoms with van der Waals surface area (Å²) in [7, 11) is 0. The number of hydrogen-bond acceptors (Lipinski definition) is 1. The standard InChI is InChI=1S/C17H24O/c1-16(2,3)13-10-12-8-7-9-18-15(12)11-14(13)17(4,5)6/h7,9-11H,8H2,1-6H3. The van der Waals surface area contributed by atoms with Crippen molar-refractivity contribution in [2.45, 2.75) is 58.8 Å². The second-order valence-electron chi connectivity index (χ2n) is 7.20. The van der Waals surface area contributed by atoms with Crippen molar-refractivity contribution in [1.82, 2.24) is 0 Å². The van der Waals surface area contributed by atoms with Crippen LogP contribution < -0.4 is 4.74 Å². The summed E-state index contributed by atoms with van der Waals surface area (Å²) in [5.74, 6) is 1.02. The summed E-state index contributed by atoms with van der Waals surface area (Å²) < 4.78 is 5.65. The molecule has 0 aromatic heterocycles. The zero-order valence-electron chi connectivity index (χ0n) is 12.4. The molecule has 0 amide bonds. The van der Waals surface area contributed by atoms with Gasteiger partial charge in [-0.05, 0) is 46.1 Å². The maximum Gasteiger partial charge on any atom is 0.130 e. The van der Waals surface area contributed by atoms with Gasteiger partial charge in [-0.1, -0.05) is 47.6 Å². The Morgan fingerprint density at radius 3 is 2.00 bits per heavy atom. The molecular weight excluding hydrogens is 220 g/mol. The summed E-state index contributed by atoms with van der Waals surface area (Å²) in [6, 6.07) is 4.57. The Kier molecular flexibility index (Phi) is 3.04. The molecule has 0 aliphatic carbocycles. The summed E-state index contributed by atoms with van der Waals surface area (Å²) in [5.41, 5.74) is 4.44. The monoisotopic (exact) mass is 244 g/mol. The van der Waals surface area contributed by atoms with Crippen LogP contribution in [-0.4, -0.2) is 0 Å². The quantitative estimate of drug-likeness (QED) is 0.641. The molecule has 1 aliphatic heterocycles. The fraction of sp³-hybridized carbons (Fsp3) is 0.529. The van der Waals surface area contributed by atoms with Crippen LogP contribution in [0.15, 0.2) is 24.5 Å². The SMILES string of the molecule is CC(C)(C)c1cc2c(cc1C(C)(C)C)OC=CC2. The molecule has 1 aliphatic rings. The van der Waals surface area contributed by atoms with Crippen LogP contribution in [0.1, 0.15) is 58.2 Å². The van der Waals surface area contributed by atoms with E-state index in [1.807, 2.05) is 0 Å². The van der Waals surface area contributed by atoms with Crippen LogP contribution >= 0.6 is 0 Å². The van der Waals surface area contributed by atoms with Gasteiger partial charge in [-0.25, -0.2) is 0 Å². The fourth-order valence-electron chi connectivity index (χ4n) is 2.43. The second-order valence-corrected chi connectivity index (χ2v) is 7.20. The number of ether oxygens (including phenoxy) is 1. The zero-order chi connectivity index (χ0) is 13.6. The minimum absolute atomic E-state index is 0.141. The van der Waals surface area contributed by atoms with Gasteiger partial charge in [-0.3, -0.25) is 0 Å². The number of hydrogen-bond donors (Lipinski definition) is 0. The largest absolute Gasteiger partial charge is 0.465 e. The lowest BCUT2D eigenvalue weighted by atomic mass is 9.74. The first kappa shape index (κ1) is 13.2. The molecule has 0 fully saturated rings. The number of fused-ring (bicyclic) bond motifs is 1. The molecule has 0 N–H and O–H groups in total. The maximum absolute atomic E-state index is 5.65. The molecule has 0 radical (unpaired) electrons. The van der Waals surface area contributed by atoms with Crippen molar-refractivity contribution in [1.29, 1.82) is 0 Å². The highest BCUT2D eigenvalue weighted by atomic mass is 16.5. The summed E-state index contributed by atoms with van der Waals surface area (Å²) in [4.78, 5) is 0. The normalized spacial score (nSPS) is 15.2. The molecule has 1 heterocycles. The molecule has 0 unspecified atom stereocenters. The topological polar surface area (TPSA) is 9.23 Å². The Hall–Kier alpha value is -1.24. The average Bonchev–Trinajstić information content (AvgIpc) is 2.25. The van der Waals surface area contributed by atoms with E-state index in [1.54, 1.807) is 6.26 Å². The molecule has 2 rings (SSSR count). The van der Waals surface area contributed by atoms with Crippen molar-refractivity contribution in [3.8, 4) is 5.75 Å². The lowest BCUT2D eigenvalue weighted by Gasteiger charge is -2.32. The van der Waals surface area contributed by atoms with Crippen molar-refractivity contribution in [3.05, 3.63) is 41.2 Å². The highest BCUT2D eigenvalue weighted by molar-refractivity contribution is 5.49. The van der Waals surface area contributed by atoms with E-state index in [0.29, 0.717) is 0 Å². The Morgan fingerprint density at radius 2 is 1.44 bits per heavy atom. The minimum atomic E-state index is 0.141. The Labute approximate surface area is 111 Å². The molecule has 0 saturated carbocycles. The predicted molar refractivity (Wildman–Crippen MR) is 77.3 cm³/mol. The highest BCUT2D eigenvalue weighted by Gasteiger charge is 2.27. The third-order valence-electron chi connectivity index (χ3n) is 3.45. The van der Waals surface area contributed by atoms with Crippen LogP contribution in [0.3, 0.4) is 0 Å². The number of benzene rings is 1. The van der Waals surface area contributed by atoms with Crippen LogP contribution in [0.25, 0.3) is 0 Å². The van der Waals surface area contributed by atoms with E-state index in [-0.39, 0.29) is 10.8 Å². The van der Waals surface area contributed by atoms with Gasteiger partial charge in [0.15, 0.2) is 0 Å². The molecule has 0 atom stereocenters. The van der Waals surface area contributed by atoms with Gasteiger partial charge >= 0.3 is 0 Å². The second kappa shape index (κ2) is 4.15. The first-order valence-electron chi connectivity index (χ1n) is 6.69. The van der Waals surface area contributed by atoms with E-state index in [9.17, 15) is 0 Å². The highest BCUT2D eigenvalue weighted by Crippen LogP contribution is 2.39.